The Hall–Kier alpha value is -0.120. The Morgan fingerprint density at radius 3 is 2.31 bits per heavy atom. The lowest BCUT2D eigenvalue weighted by atomic mass is 9.76. The number of likely N-dealkylation sites (tertiary alicyclic amines) is 2. The highest BCUT2D eigenvalue weighted by atomic mass is 16.5. The van der Waals surface area contributed by atoms with Gasteiger partial charge < -0.3 is 4.74 Å². The van der Waals surface area contributed by atoms with Crippen LogP contribution in [-0.4, -0.2) is 60.8 Å². The molecule has 3 heteroatoms. The first-order chi connectivity index (χ1) is 7.49. The standard InChI is InChI=1S/C13H24N2O/c1-12(2,3)15-9-13(10-15)4-5-14(8-13)11-6-16-7-11/h11H,4-10H2,1-3H3. The van der Waals surface area contributed by atoms with Gasteiger partial charge in [0.05, 0.1) is 19.3 Å². The minimum Gasteiger partial charge on any atom is -0.378 e. The van der Waals surface area contributed by atoms with Gasteiger partial charge in [-0.2, -0.15) is 0 Å². The van der Waals surface area contributed by atoms with Gasteiger partial charge in [-0.3, -0.25) is 9.80 Å². The summed E-state index contributed by atoms with van der Waals surface area (Å²) in [4.78, 5) is 5.28. The predicted octanol–water partition coefficient (Wildman–Crippen LogP) is 1.19. The van der Waals surface area contributed by atoms with Crippen molar-refractivity contribution in [3.05, 3.63) is 0 Å². The largest absolute Gasteiger partial charge is 0.378 e. The molecule has 16 heavy (non-hydrogen) atoms. The van der Waals surface area contributed by atoms with E-state index < -0.39 is 0 Å². The lowest BCUT2D eigenvalue weighted by molar-refractivity contribution is -0.0815. The summed E-state index contributed by atoms with van der Waals surface area (Å²) in [6, 6.07) is 0.739. The van der Waals surface area contributed by atoms with Gasteiger partial charge in [-0.1, -0.05) is 0 Å². The molecule has 3 aliphatic rings. The summed E-state index contributed by atoms with van der Waals surface area (Å²) in [5.74, 6) is 0. The van der Waals surface area contributed by atoms with E-state index >= 15 is 0 Å². The molecule has 3 fully saturated rings. The van der Waals surface area contributed by atoms with Gasteiger partial charge in [-0.25, -0.2) is 0 Å². The first-order valence-corrected chi connectivity index (χ1v) is 6.55. The minimum atomic E-state index is 0.359. The highest BCUT2D eigenvalue weighted by molar-refractivity contribution is 5.05. The van der Waals surface area contributed by atoms with E-state index in [1.54, 1.807) is 0 Å². The molecule has 0 aromatic heterocycles. The molecule has 0 aliphatic carbocycles. The maximum Gasteiger partial charge on any atom is 0.0645 e. The summed E-state index contributed by atoms with van der Waals surface area (Å²) in [7, 11) is 0. The van der Waals surface area contributed by atoms with Gasteiger partial charge in [0.25, 0.3) is 0 Å². The molecule has 0 aromatic carbocycles. The Bertz CT molecular complexity index is 274. The average molecular weight is 224 g/mol. The fourth-order valence-electron chi connectivity index (χ4n) is 3.21. The van der Waals surface area contributed by atoms with Crippen molar-refractivity contribution >= 4 is 0 Å². The molecule has 0 atom stereocenters. The zero-order valence-corrected chi connectivity index (χ0v) is 10.8. The maximum atomic E-state index is 5.29. The first kappa shape index (κ1) is 11.0. The topological polar surface area (TPSA) is 15.7 Å². The molecule has 0 N–H and O–H groups in total. The Morgan fingerprint density at radius 1 is 1.12 bits per heavy atom. The molecule has 1 spiro atoms. The number of nitrogens with zero attached hydrogens (tertiary/aromatic N) is 2. The average Bonchev–Trinajstić information content (AvgIpc) is 2.40. The molecule has 0 amide bonds. The van der Waals surface area contributed by atoms with E-state index in [9.17, 15) is 0 Å². The predicted molar refractivity (Wildman–Crippen MR) is 64.6 cm³/mol. The van der Waals surface area contributed by atoms with Crippen molar-refractivity contribution in [1.82, 2.24) is 9.80 Å². The molecule has 3 saturated heterocycles. The Kier molecular flexibility index (Phi) is 2.36. The first-order valence-electron chi connectivity index (χ1n) is 6.55. The van der Waals surface area contributed by atoms with Gasteiger partial charge in [0.2, 0.25) is 0 Å². The molecule has 3 heterocycles. The molecular formula is C13H24N2O. The second-order valence-electron chi connectivity index (χ2n) is 6.94. The van der Waals surface area contributed by atoms with Crippen LogP contribution in [0.1, 0.15) is 27.2 Å². The Morgan fingerprint density at radius 2 is 1.81 bits per heavy atom. The van der Waals surface area contributed by atoms with Crippen LogP contribution in [-0.2, 0) is 4.74 Å². The smallest absolute Gasteiger partial charge is 0.0645 e. The van der Waals surface area contributed by atoms with Crippen LogP contribution >= 0.6 is 0 Å². The third-order valence-corrected chi connectivity index (χ3v) is 4.61. The monoisotopic (exact) mass is 224 g/mol. The van der Waals surface area contributed by atoms with Gasteiger partial charge in [0, 0.05) is 30.6 Å². The number of rotatable bonds is 1. The Balaban J connectivity index is 1.55. The normalized spacial score (nSPS) is 31.7. The number of hydrogen-bond donors (Lipinski definition) is 0. The zero-order chi connectivity index (χ0) is 11.4. The molecule has 3 nitrogen and oxygen atoms in total. The van der Waals surface area contributed by atoms with Gasteiger partial charge >= 0.3 is 0 Å². The molecule has 0 bridgehead atoms. The molecule has 3 rings (SSSR count). The fourth-order valence-corrected chi connectivity index (χ4v) is 3.21. The second-order valence-corrected chi connectivity index (χ2v) is 6.94. The lowest BCUT2D eigenvalue weighted by Crippen LogP contribution is -2.64. The molecular weight excluding hydrogens is 200 g/mol. The van der Waals surface area contributed by atoms with Crippen LogP contribution < -0.4 is 0 Å². The van der Waals surface area contributed by atoms with E-state index in [0.717, 1.165) is 19.3 Å². The highest BCUT2D eigenvalue weighted by Gasteiger charge is 2.51. The van der Waals surface area contributed by atoms with Crippen molar-refractivity contribution in [3.63, 3.8) is 0 Å². The van der Waals surface area contributed by atoms with Gasteiger partial charge in [-0.15, -0.1) is 0 Å². The summed E-state index contributed by atoms with van der Waals surface area (Å²) < 4.78 is 5.29. The lowest BCUT2D eigenvalue weighted by Gasteiger charge is -2.54. The van der Waals surface area contributed by atoms with Gasteiger partial charge in [0.1, 0.15) is 0 Å². The third-order valence-electron chi connectivity index (χ3n) is 4.61. The van der Waals surface area contributed by atoms with E-state index in [4.69, 9.17) is 4.74 Å². The van der Waals surface area contributed by atoms with Crippen LogP contribution in [0, 0.1) is 5.41 Å². The van der Waals surface area contributed by atoms with Crippen LogP contribution in [0.25, 0.3) is 0 Å². The van der Waals surface area contributed by atoms with Crippen LogP contribution in [0.2, 0.25) is 0 Å². The SMILES string of the molecule is CC(C)(C)N1CC2(CCN(C3COC3)C2)C1. The third kappa shape index (κ3) is 1.69. The highest BCUT2D eigenvalue weighted by Crippen LogP contribution is 2.43. The molecule has 0 saturated carbocycles. The van der Waals surface area contributed by atoms with Crippen molar-refractivity contribution in [3.8, 4) is 0 Å². The van der Waals surface area contributed by atoms with E-state index in [0.29, 0.717) is 11.0 Å². The van der Waals surface area contributed by atoms with Crippen LogP contribution in [0.3, 0.4) is 0 Å². The summed E-state index contributed by atoms with van der Waals surface area (Å²) in [6.45, 7) is 14.1. The Labute approximate surface area is 98.7 Å². The van der Waals surface area contributed by atoms with Gasteiger partial charge in [0.15, 0.2) is 0 Å². The fraction of sp³-hybridized carbons (Fsp3) is 1.00. The van der Waals surface area contributed by atoms with E-state index in [-0.39, 0.29) is 0 Å². The van der Waals surface area contributed by atoms with Crippen LogP contribution in [0.15, 0.2) is 0 Å². The van der Waals surface area contributed by atoms with Gasteiger partial charge in [-0.05, 0) is 33.7 Å². The van der Waals surface area contributed by atoms with E-state index in [1.165, 1.54) is 32.6 Å². The van der Waals surface area contributed by atoms with Crippen LogP contribution in [0.5, 0.6) is 0 Å². The molecule has 0 aromatic rings. The van der Waals surface area contributed by atoms with Crippen molar-refractivity contribution in [2.45, 2.75) is 38.8 Å². The van der Waals surface area contributed by atoms with Crippen molar-refractivity contribution in [2.24, 2.45) is 5.41 Å². The number of ether oxygens (including phenoxy) is 1. The summed E-state index contributed by atoms with van der Waals surface area (Å²) in [6.07, 6.45) is 1.40. The van der Waals surface area contributed by atoms with E-state index in [1.807, 2.05) is 0 Å². The van der Waals surface area contributed by atoms with Crippen molar-refractivity contribution in [1.29, 1.82) is 0 Å². The molecule has 92 valence electrons. The zero-order valence-electron chi connectivity index (χ0n) is 10.8. The summed E-state index contributed by atoms with van der Waals surface area (Å²) in [5, 5.41) is 0. The maximum absolute atomic E-state index is 5.29. The van der Waals surface area contributed by atoms with E-state index in [2.05, 4.69) is 30.6 Å². The van der Waals surface area contributed by atoms with Crippen molar-refractivity contribution in [2.75, 3.05) is 39.4 Å². The molecule has 0 unspecified atom stereocenters. The quantitative estimate of drug-likeness (QED) is 0.665. The minimum absolute atomic E-state index is 0.359. The molecule has 3 aliphatic heterocycles. The molecule has 0 radical (unpaired) electrons. The summed E-state index contributed by atoms with van der Waals surface area (Å²) in [5.41, 5.74) is 0.987. The number of hydrogen-bond acceptors (Lipinski definition) is 3. The summed E-state index contributed by atoms with van der Waals surface area (Å²) >= 11 is 0. The van der Waals surface area contributed by atoms with Crippen molar-refractivity contribution < 1.29 is 4.74 Å². The second kappa shape index (κ2) is 3.44. The van der Waals surface area contributed by atoms with Crippen LogP contribution in [0.4, 0.5) is 0 Å².